The highest BCUT2D eigenvalue weighted by Gasteiger charge is 2.42. The summed E-state index contributed by atoms with van der Waals surface area (Å²) >= 11 is 1.87. The highest BCUT2D eigenvalue weighted by molar-refractivity contribution is 7.19. The Balaban J connectivity index is 1.67. The molecular formula is C17H21N3OS. The van der Waals surface area contributed by atoms with Crippen LogP contribution in [-0.2, 0) is 12.8 Å². The molecule has 4 nitrogen and oxygen atoms in total. The molecule has 5 rings (SSSR count). The lowest BCUT2D eigenvalue weighted by Gasteiger charge is -2.38. The molecule has 5 heteroatoms. The summed E-state index contributed by atoms with van der Waals surface area (Å²) in [6.45, 7) is 0. The number of fused-ring (bicyclic) bond motifs is 5. The quantitative estimate of drug-likeness (QED) is 0.878. The van der Waals surface area contributed by atoms with Crippen molar-refractivity contribution in [3.63, 3.8) is 0 Å². The van der Waals surface area contributed by atoms with Gasteiger partial charge < -0.3 is 10.0 Å². The first-order valence-corrected chi connectivity index (χ1v) is 9.34. The van der Waals surface area contributed by atoms with E-state index in [4.69, 9.17) is 4.98 Å². The smallest absolute Gasteiger partial charge is 0.141 e. The fourth-order valence-corrected chi connectivity index (χ4v) is 5.99. The van der Waals surface area contributed by atoms with Crippen LogP contribution in [0.2, 0.25) is 0 Å². The summed E-state index contributed by atoms with van der Waals surface area (Å²) in [5.74, 6) is 1.16. The highest BCUT2D eigenvalue weighted by atomic mass is 32.1. The van der Waals surface area contributed by atoms with E-state index >= 15 is 0 Å². The third kappa shape index (κ3) is 1.85. The Kier molecular flexibility index (Phi) is 2.95. The van der Waals surface area contributed by atoms with Crippen molar-refractivity contribution in [2.75, 3.05) is 4.90 Å². The van der Waals surface area contributed by atoms with Crippen LogP contribution >= 0.6 is 11.3 Å². The molecule has 2 aromatic rings. The van der Waals surface area contributed by atoms with Crippen molar-refractivity contribution in [1.29, 1.82) is 0 Å². The zero-order valence-corrected chi connectivity index (χ0v) is 13.5. The van der Waals surface area contributed by atoms with Crippen LogP contribution in [0.15, 0.2) is 6.33 Å². The van der Waals surface area contributed by atoms with Crippen molar-refractivity contribution in [3.05, 3.63) is 16.8 Å². The van der Waals surface area contributed by atoms with E-state index in [1.165, 1.54) is 59.2 Å². The molecule has 2 aromatic heterocycles. The molecule has 2 bridgehead atoms. The van der Waals surface area contributed by atoms with Crippen LogP contribution < -0.4 is 4.90 Å². The molecule has 116 valence electrons. The molecule has 0 saturated carbocycles. The van der Waals surface area contributed by atoms with E-state index in [0.29, 0.717) is 12.1 Å². The van der Waals surface area contributed by atoms with Gasteiger partial charge in [0.15, 0.2) is 0 Å². The molecule has 0 amide bonds. The van der Waals surface area contributed by atoms with E-state index in [1.54, 1.807) is 6.33 Å². The van der Waals surface area contributed by atoms with Gasteiger partial charge >= 0.3 is 0 Å². The molecule has 0 spiro atoms. The molecule has 2 aliphatic heterocycles. The monoisotopic (exact) mass is 315 g/mol. The number of rotatable bonds is 1. The second-order valence-corrected chi connectivity index (χ2v) is 8.09. The minimum Gasteiger partial charge on any atom is -0.393 e. The van der Waals surface area contributed by atoms with Gasteiger partial charge in [-0.1, -0.05) is 0 Å². The summed E-state index contributed by atoms with van der Waals surface area (Å²) in [6.07, 6.45) is 10.8. The molecule has 1 aliphatic carbocycles. The van der Waals surface area contributed by atoms with Gasteiger partial charge in [0, 0.05) is 17.0 Å². The van der Waals surface area contributed by atoms with Crippen molar-refractivity contribution in [1.82, 2.24) is 9.97 Å². The zero-order chi connectivity index (χ0) is 14.7. The fraction of sp³-hybridized carbons (Fsp3) is 0.647. The second kappa shape index (κ2) is 4.90. The van der Waals surface area contributed by atoms with Crippen molar-refractivity contribution in [3.8, 4) is 0 Å². The molecule has 0 radical (unpaired) electrons. The molecule has 4 heterocycles. The maximum Gasteiger partial charge on any atom is 0.141 e. The first kappa shape index (κ1) is 13.3. The van der Waals surface area contributed by atoms with Crippen LogP contribution in [0.4, 0.5) is 5.82 Å². The van der Waals surface area contributed by atoms with Crippen LogP contribution in [0, 0.1) is 0 Å². The molecule has 22 heavy (non-hydrogen) atoms. The average Bonchev–Trinajstić information content (AvgIpc) is 3.03. The van der Waals surface area contributed by atoms with Gasteiger partial charge in [0.25, 0.3) is 0 Å². The Morgan fingerprint density at radius 2 is 1.86 bits per heavy atom. The number of aliphatic hydroxyl groups is 1. The normalized spacial score (nSPS) is 30.8. The number of aliphatic hydroxyl groups excluding tert-OH is 1. The first-order valence-electron chi connectivity index (χ1n) is 8.53. The predicted octanol–water partition coefficient (Wildman–Crippen LogP) is 3.06. The molecule has 2 fully saturated rings. The SMILES string of the molecule is OC1CC2CCC(C1)N2c1ncnc2sc3c(c12)CCCC3. The van der Waals surface area contributed by atoms with Gasteiger partial charge in [-0.25, -0.2) is 9.97 Å². The summed E-state index contributed by atoms with van der Waals surface area (Å²) in [5, 5.41) is 11.4. The van der Waals surface area contributed by atoms with E-state index in [0.717, 1.165) is 18.7 Å². The first-order chi connectivity index (χ1) is 10.8. The molecule has 0 aromatic carbocycles. The van der Waals surface area contributed by atoms with Gasteiger partial charge in [-0.05, 0) is 56.9 Å². The third-order valence-corrected chi connectivity index (χ3v) is 6.88. The Morgan fingerprint density at radius 3 is 2.68 bits per heavy atom. The van der Waals surface area contributed by atoms with Gasteiger partial charge in [-0.2, -0.15) is 0 Å². The Hall–Kier alpha value is -1.20. The summed E-state index contributed by atoms with van der Waals surface area (Å²) in [5.41, 5.74) is 1.52. The minimum atomic E-state index is -0.123. The van der Waals surface area contributed by atoms with Crippen LogP contribution in [0.5, 0.6) is 0 Å². The van der Waals surface area contributed by atoms with Gasteiger partial charge in [0.05, 0.1) is 11.5 Å². The Morgan fingerprint density at radius 1 is 1.09 bits per heavy atom. The second-order valence-electron chi connectivity index (χ2n) is 7.01. The summed E-state index contributed by atoms with van der Waals surface area (Å²) in [4.78, 5) is 14.5. The van der Waals surface area contributed by atoms with Crippen LogP contribution in [0.1, 0.15) is 49.0 Å². The summed E-state index contributed by atoms with van der Waals surface area (Å²) in [6, 6.07) is 0.928. The summed E-state index contributed by atoms with van der Waals surface area (Å²) in [7, 11) is 0. The molecular weight excluding hydrogens is 294 g/mol. The van der Waals surface area contributed by atoms with E-state index in [9.17, 15) is 5.11 Å². The number of nitrogens with zero attached hydrogens (tertiary/aromatic N) is 3. The summed E-state index contributed by atoms with van der Waals surface area (Å²) < 4.78 is 0. The lowest BCUT2D eigenvalue weighted by Crippen LogP contribution is -2.45. The number of hydrogen-bond acceptors (Lipinski definition) is 5. The molecule has 2 atom stereocenters. The minimum absolute atomic E-state index is 0.123. The molecule has 3 aliphatic rings. The molecule has 2 unspecified atom stereocenters. The third-order valence-electron chi connectivity index (χ3n) is 5.68. The predicted molar refractivity (Wildman–Crippen MR) is 88.6 cm³/mol. The lowest BCUT2D eigenvalue weighted by molar-refractivity contribution is 0.126. The van der Waals surface area contributed by atoms with Gasteiger partial charge in [0.1, 0.15) is 17.0 Å². The van der Waals surface area contributed by atoms with Gasteiger partial charge in [-0.15, -0.1) is 11.3 Å². The highest BCUT2D eigenvalue weighted by Crippen LogP contribution is 2.44. The number of hydrogen-bond donors (Lipinski definition) is 1. The molecule has 1 N–H and O–H groups in total. The number of anilines is 1. The van der Waals surface area contributed by atoms with E-state index in [-0.39, 0.29) is 6.10 Å². The molecule has 2 saturated heterocycles. The van der Waals surface area contributed by atoms with Crippen molar-refractivity contribution < 1.29 is 5.11 Å². The van der Waals surface area contributed by atoms with Crippen LogP contribution in [0.25, 0.3) is 10.2 Å². The number of piperidine rings is 1. The number of aryl methyl sites for hydroxylation is 2. The topological polar surface area (TPSA) is 49.2 Å². The largest absolute Gasteiger partial charge is 0.393 e. The average molecular weight is 315 g/mol. The van der Waals surface area contributed by atoms with Crippen LogP contribution in [0.3, 0.4) is 0 Å². The van der Waals surface area contributed by atoms with Crippen LogP contribution in [-0.4, -0.2) is 33.3 Å². The van der Waals surface area contributed by atoms with Crippen molar-refractivity contribution in [2.24, 2.45) is 0 Å². The van der Waals surface area contributed by atoms with Crippen molar-refractivity contribution >= 4 is 27.4 Å². The number of thiophene rings is 1. The standard InChI is InChI=1S/C17H21N3OS/c21-12-7-10-5-6-11(8-12)20(10)16-15-13-3-1-2-4-14(13)22-17(15)19-9-18-16/h9-12,21H,1-8H2. The fourth-order valence-electron chi connectivity index (χ4n) is 4.76. The van der Waals surface area contributed by atoms with Gasteiger partial charge in [0.2, 0.25) is 0 Å². The Labute approximate surface area is 134 Å². The van der Waals surface area contributed by atoms with E-state index in [2.05, 4.69) is 9.88 Å². The maximum absolute atomic E-state index is 10.1. The van der Waals surface area contributed by atoms with Gasteiger partial charge in [-0.3, -0.25) is 0 Å². The van der Waals surface area contributed by atoms with Crippen molar-refractivity contribution in [2.45, 2.75) is 69.6 Å². The Bertz CT molecular complexity index is 714. The van der Waals surface area contributed by atoms with E-state index in [1.807, 2.05) is 11.3 Å². The zero-order valence-electron chi connectivity index (χ0n) is 12.7. The van der Waals surface area contributed by atoms with E-state index < -0.39 is 0 Å². The number of aromatic nitrogens is 2. The maximum atomic E-state index is 10.1. The lowest BCUT2D eigenvalue weighted by atomic mass is 9.95.